The van der Waals surface area contributed by atoms with Crippen molar-refractivity contribution in [1.29, 1.82) is 0 Å². The predicted molar refractivity (Wildman–Crippen MR) is 63.9 cm³/mol. The monoisotopic (exact) mass is 190 g/mol. The first-order valence-electron chi connectivity index (χ1n) is 5.78. The molecule has 0 unspecified atom stereocenters. The summed E-state index contributed by atoms with van der Waals surface area (Å²) in [7, 11) is 0. The molecule has 0 saturated carbocycles. The lowest BCUT2D eigenvalue weighted by Crippen LogP contribution is -1.98. The van der Waals surface area contributed by atoms with E-state index >= 15 is 0 Å². The normalized spacial score (nSPS) is 10.6. The quantitative estimate of drug-likeness (QED) is 0.667. The van der Waals surface area contributed by atoms with Gasteiger partial charge >= 0.3 is 0 Å². The maximum atomic E-state index is 2.30. The summed E-state index contributed by atoms with van der Waals surface area (Å²) in [6.07, 6.45) is 4.95. The minimum Gasteiger partial charge on any atom is -0.0651 e. The molecule has 1 rings (SSSR count). The van der Waals surface area contributed by atoms with Gasteiger partial charge in [0.25, 0.3) is 0 Å². The lowest BCUT2D eigenvalue weighted by Gasteiger charge is -2.13. The summed E-state index contributed by atoms with van der Waals surface area (Å²) in [5.74, 6) is 0. The summed E-state index contributed by atoms with van der Waals surface area (Å²) in [6, 6.07) is 4.58. The van der Waals surface area contributed by atoms with Gasteiger partial charge < -0.3 is 0 Å². The van der Waals surface area contributed by atoms with Crippen LogP contribution in [0.2, 0.25) is 0 Å². The largest absolute Gasteiger partial charge is 0.0651 e. The standard InChI is InChI=1S/C14H22/c1-5-7-13-10-9-11(3)14(8-6-2)12(13)4/h9-10H,5-8H2,1-4H3. The van der Waals surface area contributed by atoms with Gasteiger partial charge in [-0.3, -0.25) is 0 Å². The molecule has 78 valence electrons. The lowest BCUT2D eigenvalue weighted by molar-refractivity contribution is 0.872. The van der Waals surface area contributed by atoms with Crippen LogP contribution < -0.4 is 0 Å². The summed E-state index contributed by atoms with van der Waals surface area (Å²) in [4.78, 5) is 0. The molecule has 1 aromatic carbocycles. The Labute approximate surface area is 88.4 Å². The summed E-state index contributed by atoms with van der Waals surface area (Å²) in [6.45, 7) is 9.01. The molecule has 0 atom stereocenters. The Kier molecular flexibility index (Phi) is 4.19. The summed E-state index contributed by atoms with van der Waals surface area (Å²) in [5.41, 5.74) is 6.12. The second-order valence-electron chi connectivity index (χ2n) is 4.15. The molecule has 0 amide bonds. The highest BCUT2D eigenvalue weighted by molar-refractivity contribution is 5.39. The molecule has 0 saturated heterocycles. The maximum absolute atomic E-state index is 2.30. The molecule has 0 aliphatic carbocycles. The van der Waals surface area contributed by atoms with Crippen LogP contribution >= 0.6 is 0 Å². The molecule has 0 fully saturated rings. The summed E-state index contributed by atoms with van der Waals surface area (Å²) in [5, 5.41) is 0. The molecule has 0 heterocycles. The molecule has 0 nitrogen and oxygen atoms in total. The fraction of sp³-hybridized carbons (Fsp3) is 0.571. The van der Waals surface area contributed by atoms with Crippen LogP contribution in [0, 0.1) is 13.8 Å². The topological polar surface area (TPSA) is 0 Å². The van der Waals surface area contributed by atoms with E-state index in [1.807, 2.05) is 0 Å². The van der Waals surface area contributed by atoms with E-state index in [-0.39, 0.29) is 0 Å². The van der Waals surface area contributed by atoms with E-state index in [1.54, 1.807) is 11.1 Å². The number of aryl methyl sites for hydroxylation is 2. The highest BCUT2D eigenvalue weighted by Gasteiger charge is 2.05. The second kappa shape index (κ2) is 5.19. The minimum atomic E-state index is 1.23. The summed E-state index contributed by atoms with van der Waals surface area (Å²) >= 11 is 0. The van der Waals surface area contributed by atoms with Gasteiger partial charge in [0.2, 0.25) is 0 Å². The van der Waals surface area contributed by atoms with Crippen LogP contribution in [0.3, 0.4) is 0 Å². The fourth-order valence-electron chi connectivity index (χ4n) is 2.12. The molecule has 0 radical (unpaired) electrons. The lowest BCUT2D eigenvalue weighted by atomic mass is 9.93. The zero-order chi connectivity index (χ0) is 10.6. The third kappa shape index (κ3) is 2.37. The Balaban J connectivity index is 3.05. The van der Waals surface area contributed by atoms with Crippen LogP contribution in [0.25, 0.3) is 0 Å². The Hall–Kier alpha value is -0.780. The Morgan fingerprint density at radius 1 is 0.929 bits per heavy atom. The predicted octanol–water partition coefficient (Wildman–Crippen LogP) is 4.21. The van der Waals surface area contributed by atoms with Gasteiger partial charge in [0, 0.05) is 0 Å². The third-order valence-corrected chi connectivity index (χ3v) is 2.96. The van der Waals surface area contributed by atoms with Crippen molar-refractivity contribution in [2.75, 3.05) is 0 Å². The van der Waals surface area contributed by atoms with Crippen LogP contribution in [0.15, 0.2) is 12.1 Å². The molecule has 14 heavy (non-hydrogen) atoms. The molecular formula is C14H22. The van der Waals surface area contributed by atoms with Crippen LogP contribution in [0.5, 0.6) is 0 Å². The van der Waals surface area contributed by atoms with E-state index in [1.165, 1.54) is 36.8 Å². The average Bonchev–Trinajstić information content (AvgIpc) is 2.17. The number of rotatable bonds is 4. The number of benzene rings is 1. The number of hydrogen-bond donors (Lipinski definition) is 0. The van der Waals surface area contributed by atoms with E-state index < -0.39 is 0 Å². The highest BCUT2D eigenvalue weighted by atomic mass is 14.1. The van der Waals surface area contributed by atoms with Gasteiger partial charge in [0.05, 0.1) is 0 Å². The van der Waals surface area contributed by atoms with Crippen molar-refractivity contribution in [2.45, 2.75) is 53.4 Å². The molecule has 0 heteroatoms. The molecule has 0 aromatic heterocycles. The van der Waals surface area contributed by atoms with E-state index in [0.717, 1.165) is 0 Å². The van der Waals surface area contributed by atoms with Gasteiger partial charge in [-0.05, 0) is 48.9 Å². The SMILES string of the molecule is CCCc1ccc(C)c(CCC)c1C. The zero-order valence-electron chi connectivity index (χ0n) is 9.98. The highest BCUT2D eigenvalue weighted by Crippen LogP contribution is 2.20. The molecule has 0 bridgehead atoms. The van der Waals surface area contributed by atoms with Gasteiger partial charge in [-0.1, -0.05) is 38.8 Å². The smallest absolute Gasteiger partial charge is 0.0276 e. The van der Waals surface area contributed by atoms with Gasteiger partial charge in [0.15, 0.2) is 0 Å². The van der Waals surface area contributed by atoms with Gasteiger partial charge in [-0.25, -0.2) is 0 Å². The first-order valence-corrected chi connectivity index (χ1v) is 5.78. The second-order valence-corrected chi connectivity index (χ2v) is 4.15. The molecule has 0 N–H and O–H groups in total. The van der Waals surface area contributed by atoms with Crippen molar-refractivity contribution in [3.63, 3.8) is 0 Å². The zero-order valence-corrected chi connectivity index (χ0v) is 9.98. The van der Waals surface area contributed by atoms with E-state index in [2.05, 4.69) is 39.8 Å². The maximum Gasteiger partial charge on any atom is -0.0276 e. The summed E-state index contributed by atoms with van der Waals surface area (Å²) < 4.78 is 0. The first kappa shape index (κ1) is 11.3. The average molecular weight is 190 g/mol. The van der Waals surface area contributed by atoms with Crippen molar-refractivity contribution < 1.29 is 0 Å². The van der Waals surface area contributed by atoms with Gasteiger partial charge in [-0.2, -0.15) is 0 Å². The van der Waals surface area contributed by atoms with Crippen molar-refractivity contribution in [2.24, 2.45) is 0 Å². The van der Waals surface area contributed by atoms with Crippen LogP contribution in [0.4, 0.5) is 0 Å². The molecule has 0 spiro atoms. The first-order chi connectivity index (χ1) is 6.70. The Morgan fingerprint density at radius 2 is 1.57 bits per heavy atom. The third-order valence-electron chi connectivity index (χ3n) is 2.96. The van der Waals surface area contributed by atoms with E-state index in [0.29, 0.717) is 0 Å². The molecule has 0 aliphatic heterocycles. The molecular weight excluding hydrogens is 168 g/mol. The Morgan fingerprint density at radius 3 is 2.14 bits per heavy atom. The van der Waals surface area contributed by atoms with Crippen LogP contribution in [-0.4, -0.2) is 0 Å². The fourth-order valence-corrected chi connectivity index (χ4v) is 2.12. The van der Waals surface area contributed by atoms with Crippen LogP contribution in [0.1, 0.15) is 48.9 Å². The minimum absolute atomic E-state index is 1.23. The number of hydrogen-bond acceptors (Lipinski definition) is 0. The van der Waals surface area contributed by atoms with Gasteiger partial charge in [-0.15, -0.1) is 0 Å². The van der Waals surface area contributed by atoms with E-state index in [9.17, 15) is 0 Å². The molecule has 0 aliphatic rings. The van der Waals surface area contributed by atoms with Crippen molar-refractivity contribution in [3.8, 4) is 0 Å². The van der Waals surface area contributed by atoms with Crippen molar-refractivity contribution in [1.82, 2.24) is 0 Å². The van der Waals surface area contributed by atoms with E-state index in [4.69, 9.17) is 0 Å². The van der Waals surface area contributed by atoms with Crippen molar-refractivity contribution >= 4 is 0 Å². The Bertz CT molecular complexity index is 297. The van der Waals surface area contributed by atoms with Gasteiger partial charge in [0.1, 0.15) is 0 Å². The molecule has 1 aromatic rings. The van der Waals surface area contributed by atoms with Crippen LogP contribution in [-0.2, 0) is 12.8 Å². The van der Waals surface area contributed by atoms with Crippen molar-refractivity contribution in [3.05, 3.63) is 34.4 Å².